The van der Waals surface area contributed by atoms with Gasteiger partial charge in [-0.15, -0.1) is 0 Å². The first kappa shape index (κ1) is 20.9. The van der Waals surface area contributed by atoms with Crippen LogP contribution in [0.1, 0.15) is 19.8 Å². The zero-order valence-electron chi connectivity index (χ0n) is 17.0. The number of hydrogen-bond donors (Lipinski definition) is 0. The van der Waals surface area contributed by atoms with E-state index < -0.39 is 0 Å². The van der Waals surface area contributed by atoms with Crippen molar-refractivity contribution in [1.82, 2.24) is 19.7 Å². The molecule has 9 nitrogen and oxygen atoms in total. The number of ether oxygens (including phenoxy) is 1. The number of carbonyl (C=O) groups is 3. The molecule has 0 aromatic carbocycles. The summed E-state index contributed by atoms with van der Waals surface area (Å²) in [6, 6.07) is 5.81. The fourth-order valence-corrected chi connectivity index (χ4v) is 3.61. The van der Waals surface area contributed by atoms with Crippen molar-refractivity contribution < 1.29 is 19.1 Å². The van der Waals surface area contributed by atoms with Gasteiger partial charge in [0.05, 0.1) is 6.61 Å². The quantitative estimate of drug-likeness (QED) is 0.723. The lowest BCUT2D eigenvalue weighted by Crippen LogP contribution is -2.51. The van der Waals surface area contributed by atoms with Crippen LogP contribution in [0.2, 0.25) is 0 Å². The molecule has 9 heteroatoms. The molecule has 2 aliphatic rings. The number of rotatable bonds is 5. The van der Waals surface area contributed by atoms with Gasteiger partial charge in [0.2, 0.25) is 11.8 Å². The van der Waals surface area contributed by atoms with Crippen LogP contribution in [0.4, 0.5) is 10.6 Å². The molecule has 3 amide bonds. The fourth-order valence-electron chi connectivity index (χ4n) is 3.61. The third-order valence-corrected chi connectivity index (χ3v) is 5.32. The van der Waals surface area contributed by atoms with Crippen molar-refractivity contribution in [2.75, 3.05) is 63.9 Å². The minimum atomic E-state index is -0.334. The van der Waals surface area contributed by atoms with Crippen molar-refractivity contribution in [2.45, 2.75) is 19.8 Å². The van der Waals surface area contributed by atoms with Gasteiger partial charge in [-0.1, -0.05) is 6.07 Å². The lowest BCUT2D eigenvalue weighted by molar-refractivity contribution is -0.138. The number of anilines is 1. The highest BCUT2D eigenvalue weighted by Gasteiger charge is 2.26. The fraction of sp³-hybridized carbons (Fsp3) is 0.600. The standard InChI is InChI=1S/C20H29N5O4/c1-2-29-20(28)25-15-13-24(14-16-25)19(27)7-6-18(26)23-11-9-22(10-12-23)17-5-3-4-8-21-17/h3-5,8H,2,6-7,9-16H2,1H3. The number of pyridine rings is 1. The van der Waals surface area contributed by atoms with Crippen LogP contribution >= 0.6 is 0 Å². The lowest BCUT2D eigenvalue weighted by Gasteiger charge is -2.36. The number of amides is 3. The Morgan fingerprint density at radius 3 is 1.93 bits per heavy atom. The minimum Gasteiger partial charge on any atom is -0.450 e. The summed E-state index contributed by atoms with van der Waals surface area (Å²) in [7, 11) is 0. The van der Waals surface area contributed by atoms with Crippen molar-refractivity contribution in [3.8, 4) is 0 Å². The van der Waals surface area contributed by atoms with Crippen LogP contribution in [0.5, 0.6) is 0 Å². The topological polar surface area (TPSA) is 86.3 Å². The van der Waals surface area contributed by atoms with Gasteiger partial charge in [-0.25, -0.2) is 9.78 Å². The van der Waals surface area contributed by atoms with Gasteiger partial charge in [0, 0.05) is 71.4 Å². The summed E-state index contributed by atoms with van der Waals surface area (Å²) in [5, 5.41) is 0. The maximum Gasteiger partial charge on any atom is 0.409 e. The number of carbonyl (C=O) groups excluding carboxylic acids is 3. The van der Waals surface area contributed by atoms with Crippen LogP contribution in [0.15, 0.2) is 24.4 Å². The van der Waals surface area contributed by atoms with Gasteiger partial charge in [-0.2, -0.15) is 0 Å². The van der Waals surface area contributed by atoms with Crippen molar-refractivity contribution in [3.63, 3.8) is 0 Å². The van der Waals surface area contributed by atoms with Crippen LogP contribution in [0.25, 0.3) is 0 Å². The Labute approximate surface area is 171 Å². The Hall–Kier alpha value is -2.84. The van der Waals surface area contributed by atoms with E-state index in [-0.39, 0.29) is 30.7 Å². The van der Waals surface area contributed by atoms with Crippen molar-refractivity contribution in [3.05, 3.63) is 24.4 Å². The summed E-state index contributed by atoms with van der Waals surface area (Å²) in [5.41, 5.74) is 0. The van der Waals surface area contributed by atoms with Crippen LogP contribution < -0.4 is 4.90 Å². The Balaban J connectivity index is 1.37. The molecule has 0 atom stereocenters. The summed E-state index contributed by atoms with van der Waals surface area (Å²) in [6.45, 7) is 6.77. The zero-order chi connectivity index (χ0) is 20.6. The molecule has 3 heterocycles. The Morgan fingerprint density at radius 2 is 1.41 bits per heavy atom. The highest BCUT2D eigenvalue weighted by molar-refractivity contribution is 5.84. The molecule has 1 aromatic rings. The highest BCUT2D eigenvalue weighted by atomic mass is 16.6. The normalized spacial score (nSPS) is 17.3. The van der Waals surface area contributed by atoms with E-state index in [4.69, 9.17) is 4.74 Å². The summed E-state index contributed by atoms with van der Waals surface area (Å²) in [4.78, 5) is 48.3. The molecule has 2 aliphatic heterocycles. The van der Waals surface area contributed by atoms with Gasteiger partial charge in [-0.05, 0) is 19.1 Å². The first-order valence-corrected chi connectivity index (χ1v) is 10.2. The summed E-state index contributed by atoms with van der Waals surface area (Å²) < 4.78 is 4.98. The van der Waals surface area contributed by atoms with Gasteiger partial charge in [0.25, 0.3) is 0 Å². The summed E-state index contributed by atoms with van der Waals surface area (Å²) >= 11 is 0. The van der Waals surface area contributed by atoms with E-state index in [1.807, 2.05) is 23.1 Å². The van der Waals surface area contributed by atoms with Crippen molar-refractivity contribution >= 4 is 23.7 Å². The van der Waals surface area contributed by atoms with Gasteiger partial charge in [-0.3, -0.25) is 9.59 Å². The number of aromatic nitrogens is 1. The number of hydrogen-bond acceptors (Lipinski definition) is 6. The second kappa shape index (κ2) is 10.1. The van der Waals surface area contributed by atoms with E-state index in [2.05, 4.69) is 9.88 Å². The molecule has 2 fully saturated rings. The van der Waals surface area contributed by atoms with E-state index in [0.29, 0.717) is 45.9 Å². The molecule has 1 aromatic heterocycles. The third kappa shape index (κ3) is 5.58. The predicted octanol–water partition coefficient (Wildman–Crippen LogP) is 0.811. The van der Waals surface area contributed by atoms with Crippen molar-refractivity contribution in [1.29, 1.82) is 0 Å². The molecule has 0 aliphatic carbocycles. The van der Waals surface area contributed by atoms with Crippen LogP contribution in [-0.2, 0) is 14.3 Å². The predicted molar refractivity (Wildman–Crippen MR) is 107 cm³/mol. The number of nitrogens with zero attached hydrogens (tertiary/aromatic N) is 5. The molecule has 0 saturated carbocycles. The molecule has 0 N–H and O–H groups in total. The second-order valence-electron chi connectivity index (χ2n) is 7.12. The first-order chi connectivity index (χ1) is 14.1. The summed E-state index contributed by atoms with van der Waals surface area (Å²) in [5.74, 6) is 0.912. The van der Waals surface area contributed by atoms with E-state index in [9.17, 15) is 14.4 Å². The molecule has 0 spiro atoms. The Morgan fingerprint density at radius 1 is 0.862 bits per heavy atom. The van der Waals surface area contributed by atoms with E-state index >= 15 is 0 Å². The van der Waals surface area contributed by atoms with Gasteiger partial charge in [0.1, 0.15) is 5.82 Å². The van der Waals surface area contributed by atoms with E-state index in [1.165, 1.54) is 0 Å². The van der Waals surface area contributed by atoms with Crippen LogP contribution in [0.3, 0.4) is 0 Å². The van der Waals surface area contributed by atoms with E-state index in [0.717, 1.165) is 18.9 Å². The zero-order valence-corrected chi connectivity index (χ0v) is 17.0. The van der Waals surface area contributed by atoms with Gasteiger partial charge in [0.15, 0.2) is 0 Å². The minimum absolute atomic E-state index is 0.0178. The molecule has 0 unspecified atom stereocenters. The van der Waals surface area contributed by atoms with Crippen molar-refractivity contribution in [2.24, 2.45) is 0 Å². The van der Waals surface area contributed by atoms with E-state index in [1.54, 1.807) is 22.9 Å². The molecule has 0 bridgehead atoms. The van der Waals surface area contributed by atoms with Gasteiger partial charge < -0.3 is 24.3 Å². The van der Waals surface area contributed by atoms with Crippen LogP contribution in [0, 0.1) is 0 Å². The molecule has 2 saturated heterocycles. The Bertz CT molecular complexity index is 698. The third-order valence-electron chi connectivity index (χ3n) is 5.32. The maximum absolute atomic E-state index is 12.5. The Kier molecular flexibility index (Phi) is 7.26. The second-order valence-corrected chi connectivity index (χ2v) is 7.12. The first-order valence-electron chi connectivity index (χ1n) is 10.2. The SMILES string of the molecule is CCOC(=O)N1CCN(C(=O)CCC(=O)N2CCN(c3ccccn3)CC2)CC1. The molecular weight excluding hydrogens is 374 g/mol. The maximum atomic E-state index is 12.5. The summed E-state index contributed by atoms with van der Waals surface area (Å²) in [6.07, 6.45) is 1.86. The molecule has 29 heavy (non-hydrogen) atoms. The molecule has 158 valence electrons. The molecule has 0 radical (unpaired) electrons. The average Bonchev–Trinajstić information content (AvgIpc) is 2.78. The monoisotopic (exact) mass is 403 g/mol. The van der Waals surface area contributed by atoms with Crippen LogP contribution in [-0.4, -0.2) is 96.6 Å². The molecular formula is C20H29N5O4. The average molecular weight is 403 g/mol. The number of piperazine rings is 2. The van der Waals surface area contributed by atoms with Gasteiger partial charge >= 0.3 is 6.09 Å². The highest BCUT2D eigenvalue weighted by Crippen LogP contribution is 2.14. The lowest BCUT2D eigenvalue weighted by atomic mass is 10.2. The largest absolute Gasteiger partial charge is 0.450 e. The smallest absolute Gasteiger partial charge is 0.409 e. The molecule has 3 rings (SSSR count).